The van der Waals surface area contributed by atoms with Gasteiger partial charge in [-0.25, -0.2) is 9.18 Å². The van der Waals surface area contributed by atoms with Crippen LogP contribution in [0.4, 0.5) is 4.39 Å². The Labute approximate surface area is 130 Å². The van der Waals surface area contributed by atoms with Crippen molar-refractivity contribution in [3.05, 3.63) is 23.3 Å². The third-order valence-electron chi connectivity index (χ3n) is 4.35. The van der Waals surface area contributed by atoms with Crippen molar-refractivity contribution in [1.82, 2.24) is 0 Å². The molecule has 0 aromatic heterocycles. The van der Waals surface area contributed by atoms with Crippen LogP contribution in [0, 0.1) is 0 Å². The quantitative estimate of drug-likeness (QED) is 0.610. The first-order valence-electron chi connectivity index (χ1n) is 7.43. The summed E-state index contributed by atoms with van der Waals surface area (Å²) in [4.78, 5) is 15.0. The summed E-state index contributed by atoms with van der Waals surface area (Å²) in [6.07, 6.45) is 5.15. The summed E-state index contributed by atoms with van der Waals surface area (Å²) >= 11 is 0. The van der Waals surface area contributed by atoms with Crippen LogP contribution < -0.4 is 9.47 Å². The van der Waals surface area contributed by atoms with E-state index in [2.05, 4.69) is 4.99 Å². The van der Waals surface area contributed by atoms with Gasteiger partial charge in [-0.05, 0) is 38.8 Å². The number of hydrogen-bond donors (Lipinski definition) is 0. The summed E-state index contributed by atoms with van der Waals surface area (Å²) in [5, 5.41) is 0. The van der Waals surface area contributed by atoms with Crippen molar-refractivity contribution in [3.63, 3.8) is 0 Å². The van der Waals surface area contributed by atoms with Gasteiger partial charge in [-0.2, -0.15) is 4.99 Å². The second-order valence-corrected chi connectivity index (χ2v) is 6.17. The lowest BCUT2D eigenvalue weighted by molar-refractivity contribution is 0.212. The largest absolute Gasteiger partial charge is 0.496 e. The van der Waals surface area contributed by atoms with E-state index >= 15 is 0 Å². The van der Waals surface area contributed by atoms with Gasteiger partial charge in [-0.3, -0.25) is 0 Å². The monoisotopic (exact) mass is 307 g/mol. The number of ether oxygens (including phenoxy) is 2. The number of halogens is 1. The highest BCUT2D eigenvalue weighted by molar-refractivity contribution is 5.53. The Hall–Kier alpha value is -1.87. The van der Waals surface area contributed by atoms with Crippen molar-refractivity contribution in [2.45, 2.75) is 50.7 Å². The van der Waals surface area contributed by atoms with Gasteiger partial charge in [0.05, 0.1) is 14.2 Å². The summed E-state index contributed by atoms with van der Waals surface area (Å²) in [5.74, 6) is 0.970. The number of hydrogen-bond acceptors (Lipinski definition) is 4. The van der Waals surface area contributed by atoms with E-state index in [1.807, 2.05) is 0 Å². The SMILES string of the molecule is COc1cc(C2(N=C=O)CCCC2)c(OC)cc1C(C)(C)F. The number of isocyanates is 1. The smallest absolute Gasteiger partial charge is 0.235 e. The Morgan fingerprint density at radius 1 is 1.18 bits per heavy atom. The van der Waals surface area contributed by atoms with E-state index in [1.165, 1.54) is 28.1 Å². The van der Waals surface area contributed by atoms with Gasteiger partial charge in [-0.1, -0.05) is 12.8 Å². The predicted octanol–water partition coefficient (Wildman–Crippen LogP) is 4.01. The van der Waals surface area contributed by atoms with Gasteiger partial charge in [0.15, 0.2) is 0 Å². The lowest BCUT2D eigenvalue weighted by Crippen LogP contribution is -2.21. The van der Waals surface area contributed by atoms with Crippen molar-refractivity contribution >= 4 is 6.08 Å². The summed E-state index contributed by atoms with van der Waals surface area (Å²) in [6.45, 7) is 2.94. The molecular formula is C17H22FNO3. The summed E-state index contributed by atoms with van der Waals surface area (Å²) in [7, 11) is 3.04. The average molecular weight is 307 g/mol. The first kappa shape index (κ1) is 16.5. The number of carbonyl (C=O) groups excluding carboxylic acids is 1. The van der Waals surface area contributed by atoms with Gasteiger partial charge >= 0.3 is 0 Å². The lowest BCUT2D eigenvalue weighted by atomic mass is 9.85. The molecule has 1 aliphatic rings. The Kier molecular flexibility index (Phi) is 4.57. The van der Waals surface area contributed by atoms with Gasteiger partial charge in [-0.15, -0.1) is 0 Å². The maximum absolute atomic E-state index is 14.4. The molecule has 0 amide bonds. The van der Waals surface area contributed by atoms with Crippen LogP contribution in [0.5, 0.6) is 11.5 Å². The zero-order valence-electron chi connectivity index (χ0n) is 13.5. The molecule has 1 aliphatic carbocycles. The molecule has 0 heterocycles. The topological polar surface area (TPSA) is 47.9 Å². The maximum atomic E-state index is 14.4. The Bertz CT molecular complexity index is 595. The van der Waals surface area contributed by atoms with Crippen molar-refractivity contribution in [1.29, 1.82) is 0 Å². The molecule has 0 aliphatic heterocycles. The summed E-state index contributed by atoms with van der Waals surface area (Å²) < 4.78 is 25.2. The molecule has 1 saturated carbocycles. The van der Waals surface area contributed by atoms with Gasteiger partial charge < -0.3 is 9.47 Å². The van der Waals surface area contributed by atoms with Crippen LogP contribution in [0.1, 0.15) is 50.7 Å². The average Bonchev–Trinajstić information content (AvgIpc) is 2.95. The van der Waals surface area contributed by atoms with Crippen molar-refractivity contribution < 1.29 is 18.7 Å². The highest BCUT2D eigenvalue weighted by atomic mass is 19.1. The van der Waals surface area contributed by atoms with E-state index in [0.29, 0.717) is 17.1 Å². The van der Waals surface area contributed by atoms with Crippen LogP contribution >= 0.6 is 0 Å². The minimum absolute atomic E-state index is 0.416. The molecule has 1 aromatic rings. The minimum atomic E-state index is -1.56. The molecule has 0 radical (unpaired) electrons. The van der Waals surface area contributed by atoms with Crippen LogP contribution in [0.3, 0.4) is 0 Å². The van der Waals surface area contributed by atoms with Crippen molar-refractivity contribution in [3.8, 4) is 11.5 Å². The van der Waals surface area contributed by atoms with Gasteiger partial charge in [0.1, 0.15) is 22.7 Å². The molecule has 1 aromatic carbocycles. The Balaban J connectivity index is 2.68. The summed E-state index contributed by atoms with van der Waals surface area (Å²) in [5.41, 5.74) is -1.02. The zero-order chi connectivity index (χ0) is 16.4. The second kappa shape index (κ2) is 6.09. The van der Waals surface area contributed by atoms with E-state index < -0.39 is 11.2 Å². The highest BCUT2D eigenvalue weighted by Gasteiger charge is 2.39. The molecule has 1 fully saturated rings. The highest BCUT2D eigenvalue weighted by Crippen LogP contribution is 2.48. The van der Waals surface area contributed by atoms with Crippen LogP contribution in [-0.4, -0.2) is 20.3 Å². The lowest BCUT2D eigenvalue weighted by Gasteiger charge is -2.28. The molecule has 0 saturated heterocycles. The number of aliphatic imine (C=N–C) groups is 1. The van der Waals surface area contributed by atoms with Crippen LogP contribution in [0.15, 0.2) is 17.1 Å². The Morgan fingerprint density at radius 3 is 2.23 bits per heavy atom. The molecule has 0 unspecified atom stereocenters. The number of rotatable bonds is 5. The second-order valence-electron chi connectivity index (χ2n) is 6.17. The molecule has 0 spiro atoms. The zero-order valence-corrected chi connectivity index (χ0v) is 13.5. The number of nitrogens with zero attached hydrogens (tertiary/aromatic N) is 1. The fourth-order valence-corrected chi connectivity index (χ4v) is 3.21. The van der Waals surface area contributed by atoms with Crippen molar-refractivity contribution in [2.75, 3.05) is 14.2 Å². The van der Waals surface area contributed by atoms with Crippen LogP contribution in [-0.2, 0) is 16.0 Å². The molecule has 2 rings (SSSR count). The van der Waals surface area contributed by atoms with Gasteiger partial charge in [0.25, 0.3) is 0 Å². The van der Waals surface area contributed by atoms with Crippen LogP contribution in [0.2, 0.25) is 0 Å². The normalized spacial score (nSPS) is 17.0. The third kappa shape index (κ3) is 2.86. The van der Waals surface area contributed by atoms with Crippen LogP contribution in [0.25, 0.3) is 0 Å². The molecule has 120 valence electrons. The number of alkyl halides is 1. The van der Waals surface area contributed by atoms with E-state index in [-0.39, 0.29) is 0 Å². The molecule has 4 nitrogen and oxygen atoms in total. The molecule has 0 bridgehead atoms. The third-order valence-corrected chi connectivity index (χ3v) is 4.35. The number of benzene rings is 1. The molecule has 5 heteroatoms. The first-order chi connectivity index (χ1) is 10.4. The standard InChI is InChI=1S/C17H22FNO3/c1-16(2,18)12-9-15(22-4)13(10-14(12)21-3)17(19-11-20)7-5-6-8-17/h9-10H,5-8H2,1-4H3. The fourth-order valence-electron chi connectivity index (χ4n) is 3.21. The summed E-state index contributed by atoms with van der Waals surface area (Å²) in [6, 6.07) is 3.40. The van der Waals surface area contributed by atoms with Gasteiger partial charge in [0, 0.05) is 11.1 Å². The first-order valence-corrected chi connectivity index (χ1v) is 7.43. The van der Waals surface area contributed by atoms with E-state index in [9.17, 15) is 9.18 Å². The van der Waals surface area contributed by atoms with Crippen molar-refractivity contribution in [2.24, 2.45) is 4.99 Å². The molecule has 22 heavy (non-hydrogen) atoms. The predicted molar refractivity (Wildman–Crippen MR) is 81.9 cm³/mol. The Morgan fingerprint density at radius 2 is 1.77 bits per heavy atom. The maximum Gasteiger partial charge on any atom is 0.235 e. The number of methoxy groups -OCH3 is 2. The molecular weight excluding hydrogens is 285 g/mol. The minimum Gasteiger partial charge on any atom is -0.496 e. The van der Waals surface area contributed by atoms with Gasteiger partial charge in [0.2, 0.25) is 6.08 Å². The molecule has 0 N–H and O–H groups in total. The van der Waals surface area contributed by atoms with E-state index in [0.717, 1.165) is 31.2 Å². The molecule has 0 atom stereocenters. The fraction of sp³-hybridized carbons (Fsp3) is 0.588. The van der Waals surface area contributed by atoms with E-state index in [1.54, 1.807) is 18.2 Å². The van der Waals surface area contributed by atoms with E-state index in [4.69, 9.17) is 9.47 Å².